The minimum absolute atomic E-state index is 0.0215. The molecule has 4 aromatic carbocycles. The number of halogens is 8. The topological polar surface area (TPSA) is 130 Å². The summed E-state index contributed by atoms with van der Waals surface area (Å²) in [7, 11) is 0. The Labute approximate surface area is 412 Å². The molecule has 0 spiro atoms. The molecule has 12 nitrogen and oxygen atoms in total. The van der Waals surface area contributed by atoms with Gasteiger partial charge in [0.25, 0.3) is 5.88 Å². The minimum Gasteiger partial charge on any atom is -0.491 e. The van der Waals surface area contributed by atoms with E-state index in [1.807, 2.05) is 78.1 Å². The third-order valence-corrected chi connectivity index (χ3v) is 11.1. The molecule has 1 N–H and O–H groups in total. The molecule has 8 rings (SSSR count). The van der Waals surface area contributed by atoms with Crippen LogP contribution in [0.2, 0.25) is 20.1 Å². The van der Waals surface area contributed by atoms with E-state index < -0.39 is 11.7 Å². The van der Waals surface area contributed by atoms with Crippen molar-refractivity contribution in [1.82, 2.24) is 54.8 Å². The van der Waals surface area contributed by atoms with Gasteiger partial charge >= 0.3 is 6.18 Å². The number of aromatic hydroxyl groups is 1. The van der Waals surface area contributed by atoms with Crippen LogP contribution < -0.4 is 0 Å². The number of aryl methyl sites for hydroxylation is 2. The number of hydrogen-bond donors (Lipinski definition) is 1. The lowest BCUT2D eigenvalue weighted by Crippen LogP contribution is -2.05. The van der Waals surface area contributed by atoms with Crippen molar-refractivity contribution in [2.24, 2.45) is 0 Å². The summed E-state index contributed by atoms with van der Waals surface area (Å²) in [4.78, 5) is 0. The zero-order valence-corrected chi connectivity index (χ0v) is 42.0. The number of aromatic nitrogens is 11. The number of alkyl halides is 3. The summed E-state index contributed by atoms with van der Waals surface area (Å²) < 4.78 is 57.8. The fourth-order valence-electron chi connectivity index (χ4n) is 6.80. The van der Waals surface area contributed by atoms with Crippen LogP contribution in [0.15, 0.2) is 97.7 Å². The molecule has 20 heteroatoms. The van der Waals surface area contributed by atoms with Crippen molar-refractivity contribution in [3.8, 4) is 28.6 Å². The van der Waals surface area contributed by atoms with Gasteiger partial charge in [-0.25, -0.2) is 23.1 Å². The fourth-order valence-corrected chi connectivity index (χ4v) is 7.50. The van der Waals surface area contributed by atoms with Crippen LogP contribution in [0.3, 0.4) is 0 Å². The van der Waals surface area contributed by atoms with Crippen LogP contribution in [-0.2, 0) is 6.18 Å². The van der Waals surface area contributed by atoms with Crippen molar-refractivity contribution in [1.29, 1.82) is 0 Å². The van der Waals surface area contributed by atoms with E-state index in [0.29, 0.717) is 38.8 Å². The van der Waals surface area contributed by atoms with Crippen LogP contribution in [0.4, 0.5) is 17.6 Å². The molecule has 0 bridgehead atoms. The lowest BCUT2D eigenvalue weighted by atomic mass is 10.0. The Bertz CT molecular complexity index is 2850. The molecule has 0 radical (unpaired) electrons. The summed E-state index contributed by atoms with van der Waals surface area (Å²) in [6.07, 6.45) is 2.55. The van der Waals surface area contributed by atoms with Crippen LogP contribution in [0.25, 0.3) is 22.7 Å². The Balaban J connectivity index is 0.000000170. The molecule has 0 aliphatic heterocycles. The van der Waals surface area contributed by atoms with Crippen LogP contribution in [0.5, 0.6) is 5.88 Å². The third kappa shape index (κ3) is 13.7. The summed E-state index contributed by atoms with van der Waals surface area (Å²) in [6, 6.07) is 19.8. The first-order chi connectivity index (χ1) is 31.9. The van der Waals surface area contributed by atoms with Crippen molar-refractivity contribution >= 4 is 46.4 Å². The normalized spacial score (nSPS) is 11.4. The second-order valence-electron chi connectivity index (χ2n) is 16.8. The molecule has 0 unspecified atom stereocenters. The highest BCUT2D eigenvalue weighted by Gasteiger charge is 2.32. The maximum absolute atomic E-state index is 14.0. The third-order valence-electron chi connectivity index (χ3n) is 10.1. The lowest BCUT2D eigenvalue weighted by Gasteiger charge is -2.14. The average Bonchev–Trinajstić information content (AvgIpc) is 4.11. The van der Waals surface area contributed by atoms with E-state index in [1.54, 1.807) is 50.6 Å². The Morgan fingerprint density at radius 1 is 0.515 bits per heavy atom. The molecule has 360 valence electrons. The van der Waals surface area contributed by atoms with Gasteiger partial charge in [-0.15, -0.1) is 10.2 Å². The number of nitrogens with zero attached hydrogens (tertiary/aromatic N) is 11. The average molecular weight is 1020 g/mol. The summed E-state index contributed by atoms with van der Waals surface area (Å²) in [6.45, 7) is 19.9. The molecule has 8 aromatic rings. The maximum Gasteiger partial charge on any atom is 0.419 e. The van der Waals surface area contributed by atoms with E-state index in [1.165, 1.54) is 22.5 Å². The first kappa shape index (κ1) is 53.1. The Hall–Kier alpha value is -5.81. The monoisotopic (exact) mass is 1010 g/mol. The quantitative estimate of drug-likeness (QED) is 0.149. The van der Waals surface area contributed by atoms with Gasteiger partial charge in [0.15, 0.2) is 0 Å². The molecular formula is C48H51Cl4F4N11O. The number of hydrogen-bond acceptors (Lipinski definition) is 8. The van der Waals surface area contributed by atoms with Crippen LogP contribution in [-0.4, -0.2) is 59.9 Å². The largest absolute Gasteiger partial charge is 0.491 e. The first-order valence-corrected chi connectivity index (χ1v) is 22.8. The summed E-state index contributed by atoms with van der Waals surface area (Å²) in [5, 5.41) is 38.4. The zero-order chi connectivity index (χ0) is 50.2. The van der Waals surface area contributed by atoms with Crippen molar-refractivity contribution in [2.45, 2.75) is 99.1 Å². The standard InChI is InChI=1S/C13H12ClF3N2.C12H13ClFN3.C12H14ClN3.C11H12ClN3O/c1-8(2)11-5-10(14)3-4-12(11)19-7-9(6-18-19)13(15,16)17;1-7(2)11-10(5-4-9(13)12(11)14)17-6-8(3)15-16-17;1-8(2)11-6-10(13)4-5-12(11)16-7-9(3)14-15-16;1-7(2)9-5-8(12)3-4-10(9)15-6-11(16)13-14-15/h3-8H,1-2H3;4-7H,1-3H3;4-8H,1-3H3;3-7,16H,1-2H3. The van der Waals surface area contributed by atoms with Gasteiger partial charge in [-0.2, -0.15) is 18.3 Å². The van der Waals surface area contributed by atoms with E-state index in [4.69, 9.17) is 46.4 Å². The summed E-state index contributed by atoms with van der Waals surface area (Å²) >= 11 is 23.7. The number of rotatable bonds is 8. The van der Waals surface area contributed by atoms with Gasteiger partial charge in [0.05, 0.1) is 69.5 Å². The van der Waals surface area contributed by atoms with Crippen molar-refractivity contribution < 1.29 is 22.7 Å². The second kappa shape index (κ2) is 23.0. The van der Waals surface area contributed by atoms with Crippen molar-refractivity contribution in [3.63, 3.8) is 0 Å². The van der Waals surface area contributed by atoms with Crippen molar-refractivity contribution in [2.75, 3.05) is 0 Å². The molecular weight excluding hydrogens is 964 g/mol. The Morgan fingerprint density at radius 3 is 1.26 bits per heavy atom. The molecule has 0 saturated carbocycles. The van der Waals surface area contributed by atoms with Gasteiger partial charge in [0.2, 0.25) is 0 Å². The highest BCUT2D eigenvalue weighted by molar-refractivity contribution is 6.31. The Kier molecular flexibility index (Phi) is 18.0. The van der Waals surface area contributed by atoms with E-state index >= 15 is 0 Å². The first-order valence-electron chi connectivity index (χ1n) is 21.3. The molecule has 0 aliphatic carbocycles. The van der Waals surface area contributed by atoms with E-state index in [2.05, 4.69) is 63.7 Å². The van der Waals surface area contributed by atoms with Crippen LogP contribution >= 0.6 is 46.4 Å². The molecule has 4 heterocycles. The SMILES string of the molecule is CC(C)c1cc(Cl)ccc1-n1cc(C(F)(F)F)cn1.CC(C)c1cc(Cl)ccc1-n1cc(O)nn1.Cc1cn(-c2ccc(Cl)c(F)c2C(C)C)nn1.Cc1cn(-c2ccc(Cl)cc2C(C)C)nn1. The van der Waals surface area contributed by atoms with Gasteiger partial charge in [0.1, 0.15) is 5.82 Å². The highest BCUT2D eigenvalue weighted by Crippen LogP contribution is 2.33. The lowest BCUT2D eigenvalue weighted by molar-refractivity contribution is -0.137. The van der Waals surface area contributed by atoms with Gasteiger partial charge in [-0.05, 0) is 121 Å². The highest BCUT2D eigenvalue weighted by atomic mass is 35.5. The van der Waals surface area contributed by atoms with Crippen molar-refractivity contribution in [3.05, 3.63) is 163 Å². The summed E-state index contributed by atoms with van der Waals surface area (Å²) in [5.41, 5.74) is 7.79. The zero-order valence-electron chi connectivity index (χ0n) is 38.9. The predicted octanol–water partition coefficient (Wildman–Crippen LogP) is 14.3. The summed E-state index contributed by atoms with van der Waals surface area (Å²) in [5.74, 6) is 0.399. The second-order valence-corrected chi connectivity index (χ2v) is 18.5. The molecule has 0 fully saturated rings. The smallest absolute Gasteiger partial charge is 0.419 e. The molecule has 0 atom stereocenters. The molecule has 68 heavy (non-hydrogen) atoms. The van der Waals surface area contributed by atoms with Crippen LogP contribution in [0, 0.1) is 19.7 Å². The van der Waals surface area contributed by atoms with E-state index in [0.717, 1.165) is 51.3 Å². The minimum atomic E-state index is -4.39. The fraction of sp³-hybridized carbons (Fsp3) is 0.312. The predicted molar refractivity (Wildman–Crippen MR) is 260 cm³/mol. The van der Waals surface area contributed by atoms with E-state index in [9.17, 15) is 22.7 Å². The number of benzene rings is 4. The van der Waals surface area contributed by atoms with Gasteiger partial charge in [0, 0.05) is 26.8 Å². The molecule has 4 aromatic heterocycles. The van der Waals surface area contributed by atoms with Gasteiger partial charge in [-0.1, -0.05) is 123 Å². The molecule has 0 aliphatic rings. The Morgan fingerprint density at radius 2 is 0.912 bits per heavy atom. The molecule has 0 amide bonds. The van der Waals surface area contributed by atoms with E-state index in [-0.39, 0.29) is 28.6 Å². The van der Waals surface area contributed by atoms with Gasteiger partial charge < -0.3 is 5.11 Å². The maximum atomic E-state index is 14.0. The van der Waals surface area contributed by atoms with Gasteiger partial charge in [-0.3, -0.25) is 0 Å². The van der Waals surface area contributed by atoms with Crippen LogP contribution in [0.1, 0.15) is 118 Å². The molecule has 0 saturated heterocycles.